The molecule has 3 unspecified atom stereocenters. The summed E-state index contributed by atoms with van der Waals surface area (Å²) in [5, 5.41) is 13.1. The first kappa shape index (κ1) is 17.5. The van der Waals surface area contributed by atoms with Gasteiger partial charge in [0.1, 0.15) is 5.54 Å². The van der Waals surface area contributed by atoms with Crippen molar-refractivity contribution in [2.45, 2.75) is 84.4 Å². The highest BCUT2D eigenvalue weighted by molar-refractivity contribution is 5.14. The minimum Gasteiger partial charge on any atom is -0.378 e. The van der Waals surface area contributed by atoms with Crippen molar-refractivity contribution in [3.8, 4) is 6.07 Å². The minimum absolute atomic E-state index is 0.321. The van der Waals surface area contributed by atoms with Crippen molar-refractivity contribution in [3.05, 3.63) is 0 Å². The number of rotatable bonds is 8. The Hall–Kier alpha value is -0.590. The zero-order chi connectivity index (χ0) is 15.2. The van der Waals surface area contributed by atoms with Crippen LogP contribution in [0.25, 0.3) is 0 Å². The zero-order valence-electron chi connectivity index (χ0n) is 13.9. The molecule has 0 aliphatic heterocycles. The molecule has 3 nitrogen and oxygen atoms in total. The van der Waals surface area contributed by atoms with Gasteiger partial charge in [-0.25, -0.2) is 0 Å². The van der Waals surface area contributed by atoms with Gasteiger partial charge in [-0.1, -0.05) is 20.3 Å². The Kier molecular flexibility index (Phi) is 6.99. The fraction of sp³-hybridized carbons (Fsp3) is 0.941. The standard InChI is InChI=1S/C17H32N2O/c1-13(2)11-15(5)20-10-8-16-7-6-9-17(16,12-18)19-14(3)4/h13-16,19H,6-11H2,1-5H3. The number of nitriles is 1. The molecule has 0 aromatic rings. The summed E-state index contributed by atoms with van der Waals surface area (Å²) in [6.07, 6.45) is 5.71. The third-order valence-electron chi connectivity index (χ3n) is 4.24. The van der Waals surface area contributed by atoms with E-state index in [4.69, 9.17) is 4.74 Å². The van der Waals surface area contributed by atoms with E-state index in [0.717, 1.165) is 38.7 Å². The summed E-state index contributed by atoms with van der Waals surface area (Å²) in [6, 6.07) is 2.92. The molecule has 1 N–H and O–H groups in total. The topological polar surface area (TPSA) is 45.0 Å². The average molecular weight is 280 g/mol. The molecule has 0 spiro atoms. The number of hydrogen-bond acceptors (Lipinski definition) is 3. The van der Waals surface area contributed by atoms with E-state index in [0.29, 0.717) is 24.0 Å². The number of nitrogens with zero attached hydrogens (tertiary/aromatic N) is 1. The molecule has 0 amide bonds. The highest BCUT2D eigenvalue weighted by Gasteiger charge is 2.43. The van der Waals surface area contributed by atoms with Gasteiger partial charge in [0.15, 0.2) is 0 Å². The molecular formula is C17H32N2O. The molecule has 116 valence electrons. The molecule has 0 aromatic carbocycles. The summed E-state index contributed by atoms with van der Waals surface area (Å²) in [7, 11) is 0. The van der Waals surface area contributed by atoms with E-state index in [2.05, 4.69) is 46.0 Å². The maximum Gasteiger partial charge on any atom is 0.109 e. The molecule has 0 saturated heterocycles. The van der Waals surface area contributed by atoms with Crippen molar-refractivity contribution in [3.63, 3.8) is 0 Å². The van der Waals surface area contributed by atoms with Gasteiger partial charge < -0.3 is 4.74 Å². The third-order valence-corrected chi connectivity index (χ3v) is 4.24. The van der Waals surface area contributed by atoms with Gasteiger partial charge in [-0.05, 0) is 58.3 Å². The quantitative estimate of drug-likeness (QED) is 0.733. The van der Waals surface area contributed by atoms with Crippen molar-refractivity contribution >= 4 is 0 Å². The molecule has 0 heterocycles. The molecule has 3 heteroatoms. The largest absolute Gasteiger partial charge is 0.378 e. The van der Waals surface area contributed by atoms with E-state index in [-0.39, 0.29) is 5.54 Å². The van der Waals surface area contributed by atoms with Crippen LogP contribution in [0.15, 0.2) is 0 Å². The first-order valence-corrected chi connectivity index (χ1v) is 8.20. The fourth-order valence-electron chi connectivity index (χ4n) is 3.50. The molecule has 0 aromatic heterocycles. The summed E-state index contributed by atoms with van der Waals surface area (Å²) in [6.45, 7) is 11.6. The van der Waals surface area contributed by atoms with Gasteiger partial charge in [0, 0.05) is 12.6 Å². The smallest absolute Gasteiger partial charge is 0.109 e. The molecule has 0 radical (unpaired) electrons. The first-order valence-electron chi connectivity index (χ1n) is 8.20. The van der Waals surface area contributed by atoms with Gasteiger partial charge in [0.2, 0.25) is 0 Å². The van der Waals surface area contributed by atoms with Gasteiger partial charge in [-0.3, -0.25) is 5.32 Å². The van der Waals surface area contributed by atoms with E-state index in [1.165, 1.54) is 0 Å². The zero-order valence-corrected chi connectivity index (χ0v) is 13.9. The van der Waals surface area contributed by atoms with Crippen LogP contribution in [0.1, 0.15) is 66.7 Å². The molecule has 1 aliphatic rings. The molecule has 1 rings (SSSR count). The number of ether oxygens (including phenoxy) is 1. The van der Waals surface area contributed by atoms with E-state index in [9.17, 15) is 5.26 Å². The number of hydrogen-bond donors (Lipinski definition) is 1. The van der Waals surface area contributed by atoms with Crippen LogP contribution in [-0.4, -0.2) is 24.3 Å². The van der Waals surface area contributed by atoms with Crippen LogP contribution >= 0.6 is 0 Å². The van der Waals surface area contributed by atoms with Crippen LogP contribution in [0.5, 0.6) is 0 Å². The van der Waals surface area contributed by atoms with Crippen molar-refractivity contribution in [2.24, 2.45) is 11.8 Å². The predicted octanol–water partition coefficient (Wildman–Crippen LogP) is 3.89. The first-order chi connectivity index (χ1) is 9.39. The summed E-state index contributed by atoms with van der Waals surface area (Å²) in [5.74, 6) is 1.11. The molecule has 3 atom stereocenters. The Morgan fingerprint density at radius 1 is 1.30 bits per heavy atom. The van der Waals surface area contributed by atoms with Crippen LogP contribution < -0.4 is 5.32 Å². The lowest BCUT2D eigenvalue weighted by Gasteiger charge is -2.32. The van der Waals surface area contributed by atoms with Gasteiger partial charge >= 0.3 is 0 Å². The Bertz CT molecular complexity index is 321. The average Bonchev–Trinajstić information content (AvgIpc) is 2.71. The minimum atomic E-state index is -0.321. The Morgan fingerprint density at radius 3 is 2.55 bits per heavy atom. The summed E-state index contributed by atoms with van der Waals surface area (Å²) < 4.78 is 5.92. The molecule has 1 aliphatic carbocycles. The Morgan fingerprint density at radius 2 is 2.00 bits per heavy atom. The maximum atomic E-state index is 9.61. The van der Waals surface area contributed by atoms with Gasteiger partial charge in [0.05, 0.1) is 12.2 Å². The maximum absolute atomic E-state index is 9.61. The molecule has 20 heavy (non-hydrogen) atoms. The summed E-state index contributed by atoms with van der Waals surface area (Å²) >= 11 is 0. The second-order valence-corrected chi connectivity index (χ2v) is 7.07. The highest BCUT2D eigenvalue weighted by Crippen LogP contribution is 2.38. The molecule has 1 fully saturated rings. The SMILES string of the molecule is CC(C)CC(C)OCCC1CCCC1(C#N)NC(C)C. The second kappa shape index (κ2) is 8.00. The monoisotopic (exact) mass is 280 g/mol. The van der Waals surface area contributed by atoms with Crippen molar-refractivity contribution < 1.29 is 4.74 Å². The van der Waals surface area contributed by atoms with E-state index in [1.807, 2.05) is 0 Å². The van der Waals surface area contributed by atoms with Crippen molar-refractivity contribution in [2.75, 3.05) is 6.61 Å². The lowest BCUT2D eigenvalue weighted by molar-refractivity contribution is 0.0393. The van der Waals surface area contributed by atoms with E-state index in [1.54, 1.807) is 0 Å². The van der Waals surface area contributed by atoms with Crippen LogP contribution in [0, 0.1) is 23.2 Å². The molecular weight excluding hydrogens is 248 g/mol. The van der Waals surface area contributed by atoms with Crippen LogP contribution in [0.4, 0.5) is 0 Å². The Balaban J connectivity index is 2.44. The third kappa shape index (κ3) is 5.07. The van der Waals surface area contributed by atoms with Crippen LogP contribution in [-0.2, 0) is 4.74 Å². The highest BCUT2D eigenvalue weighted by atomic mass is 16.5. The number of nitrogens with one attached hydrogen (secondary N) is 1. The van der Waals surface area contributed by atoms with Gasteiger partial charge in [-0.15, -0.1) is 0 Å². The van der Waals surface area contributed by atoms with Crippen molar-refractivity contribution in [1.82, 2.24) is 5.32 Å². The second-order valence-electron chi connectivity index (χ2n) is 7.07. The molecule has 1 saturated carbocycles. The van der Waals surface area contributed by atoms with Crippen molar-refractivity contribution in [1.29, 1.82) is 5.26 Å². The normalized spacial score (nSPS) is 28.0. The van der Waals surface area contributed by atoms with Gasteiger partial charge in [0.25, 0.3) is 0 Å². The summed E-state index contributed by atoms with van der Waals surface area (Å²) in [5.41, 5.74) is -0.321. The lowest BCUT2D eigenvalue weighted by Crippen LogP contribution is -2.50. The fourth-order valence-corrected chi connectivity index (χ4v) is 3.50. The predicted molar refractivity (Wildman–Crippen MR) is 83.4 cm³/mol. The summed E-state index contributed by atoms with van der Waals surface area (Å²) in [4.78, 5) is 0. The van der Waals surface area contributed by atoms with Gasteiger partial charge in [-0.2, -0.15) is 5.26 Å². The van der Waals surface area contributed by atoms with Crippen LogP contribution in [0.3, 0.4) is 0 Å². The molecule has 0 bridgehead atoms. The van der Waals surface area contributed by atoms with Crippen LogP contribution in [0.2, 0.25) is 0 Å². The van der Waals surface area contributed by atoms with E-state index >= 15 is 0 Å². The Labute approximate surface area is 125 Å². The lowest BCUT2D eigenvalue weighted by atomic mass is 9.85. The van der Waals surface area contributed by atoms with E-state index < -0.39 is 0 Å².